The maximum Gasteiger partial charge on any atom is 0.181 e. The second-order valence-electron chi connectivity index (χ2n) is 5.09. The summed E-state index contributed by atoms with van der Waals surface area (Å²) in [7, 11) is 0. The van der Waals surface area contributed by atoms with Crippen LogP contribution < -0.4 is 5.46 Å². The summed E-state index contributed by atoms with van der Waals surface area (Å²) in [5, 5.41) is 0.750. The van der Waals surface area contributed by atoms with Gasteiger partial charge in [0.05, 0.1) is 0 Å². The van der Waals surface area contributed by atoms with E-state index in [4.69, 9.17) is 0 Å². The lowest BCUT2D eigenvalue weighted by atomic mass is 9.53. The van der Waals surface area contributed by atoms with Crippen molar-refractivity contribution in [2.24, 2.45) is 0 Å². The van der Waals surface area contributed by atoms with Gasteiger partial charge in [0.2, 0.25) is 0 Å². The van der Waals surface area contributed by atoms with E-state index in [0.29, 0.717) is 0 Å². The van der Waals surface area contributed by atoms with Gasteiger partial charge in [-0.2, -0.15) is 0 Å². The lowest BCUT2D eigenvalue weighted by Gasteiger charge is -2.22. The van der Waals surface area contributed by atoms with E-state index in [1.165, 1.54) is 38.4 Å². The Hall–Kier alpha value is -0.715. The Bertz CT molecular complexity index is 311. The van der Waals surface area contributed by atoms with Crippen LogP contribution in [0.3, 0.4) is 0 Å². The molecule has 0 bridgehead atoms. The van der Waals surface area contributed by atoms with E-state index in [1.807, 2.05) is 0 Å². The second-order valence-corrected chi connectivity index (χ2v) is 5.09. The molecule has 0 N–H and O–H groups in total. The Kier molecular flexibility index (Phi) is 1.93. The van der Waals surface area contributed by atoms with Crippen LogP contribution in [0, 0.1) is 0 Å². The Morgan fingerprint density at radius 2 is 1.64 bits per heavy atom. The van der Waals surface area contributed by atoms with E-state index in [1.54, 1.807) is 5.46 Å². The molecular formula is C13H17B. The molecule has 1 saturated heterocycles. The van der Waals surface area contributed by atoms with E-state index in [0.717, 1.165) is 12.0 Å². The van der Waals surface area contributed by atoms with Gasteiger partial charge in [0.1, 0.15) is 0 Å². The molecule has 0 amide bonds. The molecule has 1 heteroatoms. The van der Waals surface area contributed by atoms with Gasteiger partial charge >= 0.3 is 0 Å². The minimum absolute atomic E-state index is 0.750. The van der Waals surface area contributed by atoms with Gasteiger partial charge in [-0.25, -0.2) is 0 Å². The van der Waals surface area contributed by atoms with Crippen LogP contribution in [0.4, 0.5) is 0 Å². The first-order valence-electron chi connectivity index (χ1n) is 5.96. The number of benzene rings is 1. The van der Waals surface area contributed by atoms with Crippen LogP contribution in [0.1, 0.15) is 32.1 Å². The molecule has 1 aromatic carbocycles. The lowest BCUT2D eigenvalue weighted by molar-refractivity contribution is 0.441. The number of hydrogen-bond acceptors (Lipinski definition) is 0. The van der Waals surface area contributed by atoms with Crippen LogP contribution in [0.2, 0.25) is 11.6 Å². The van der Waals surface area contributed by atoms with Crippen LogP contribution >= 0.6 is 0 Å². The third-order valence-corrected chi connectivity index (χ3v) is 4.24. The highest BCUT2D eigenvalue weighted by atomic mass is 14.4. The van der Waals surface area contributed by atoms with Crippen molar-refractivity contribution in [2.45, 2.75) is 43.7 Å². The first-order valence-corrected chi connectivity index (χ1v) is 5.96. The van der Waals surface area contributed by atoms with Gasteiger partial charge in [-0.05, 0) is 0 Å². The summed E-state index contributed by atoms with van der Waals surface area (Å²) in [5.41, 5.74) is 1.59. The Morgan fingerprint density at radius 1 is 0.929 bits per heavy atom. The molecule has 3 rings (SSSR count). The summed E-state index contributed by atoms with van der Waals surface area (Å²) in [4.78, 5) is 0. The van der Waals surface area contributed by atoms with Crippen molar-refractivity contribution >= 4 is 12.2 Å². The van der Waals surface area contributed by atoms with Crippen molar-refractivity contribution in [3.05, 3.63) is 30.3 Å². The first kappa shape index (κ1) is 8.58. The van der Waals surface area contributed by atoms with Gasteiger partial charge < -0.3 is 0 Å². The maximum atomic E-state index is 2.31. The summed E-state index contributed by atoms with van der Waals surface area (Å²) in [6.45, 7) is 0.906. The van der Waals surface area contributed by atoms with Crippen LogP contribution in [0.5, 0.6) is 0 Å². The van der Waals surface area contributed by atoms with E-state index >= 15 is 0 Å². The fourth-order valence-electron chi connectivity index (χ4n) is 3.31. The first-order chi connectivity index (χ1) is 6.91. The molecule has 0 atom stereocenters. The van der Waals surface area contributed by atoms with Gasteiger partial charge in [-0.15, -0.1) is 0 Å². The fourth-order valence-corrected chi connectivity index (χ4v) is 3.31. The van der Waals surface area contributed by atoms with Gasteiger partial charge in [-0.1, -0.05) is 79.5 Å². The van der Waals surface area contributed by atoms with E-state index in [9.17, 15) is 0 Å². The smallest absolute Gasteiger partial charge is 0.0795 e. The summed E-state index contributed by atoms with van der Waals surface area (Å²) in [6.07, 6.45) is 8.88. The van der Waals surface area contributed by atoms with Crippen molar-refractivity contribution in [1.29, 1.82) is 0 Å². The van der Waals surface area contributed by atoms with E-state index < -0.39 is 0 Å². The molecular weight excluding hydrogens is 167 g/mol. The van der Waals surface area contributed by atoms with Crippen molar-refractivity contribution in [3.8, 4) is 0 Å². The highest BCUT2D eigenvalue weighted by molar-refractivity contribution is 6.86. The second kappa shape index (κ2) is 3.15. The van der Waals surface area contributed by atoms with Crippen LogP contribution in [0.25, 0.3) is 0 Å². The predicted octanol–water partition coefficient (Wildman–Crippen LogP) is 3.11. The highest BCUT2D eigenvalue weighted by Crippen LogP contribution is 2.62. The minimum Gasteiger partial charge on any atom is -0.0795 e. The van der Waals surface area contributed by atoms with Gasteiger partial charge in [-0.3, -0.25) is 0 Å². The molecule has 2 aliphatic rings. The number of hydrogen-bond donors (Lipinski definition) is 0. The topological polar surface area (TPSA) is 0 Å². The molecule has 1 aliphatic carbocycles. The Balaban J connectivity index is 1.78. The van der Waals surface area contributed by atoms with Gasteiger partial charge in [0.15, 0.2) is 6.71 Å². The molecule has 1 spiro atoms. The van der Waals surface area contributed by atoms with Crippen molar-refractivity contribution in [2.75, 3.05) is 0 Å². The monoisotopic (exact) mass is 184 g/mol. The van der Waals surface area contributed by atoms with Gasteiger partial charge in [0.25, 0.3) is 0 Å². The molecule has 1 aromatic rings. The standard InChI is InChI=1S/C13H17B/c1-3-7-12(8-4-1)14-11-13(14)9-5-2-6-10-13/h1,3-4,7-8H,2,5-6,9-11H2. The lowest BCUT2D eigenvalue weighted by Crippen LogP contribution is -2.21. The third kappa shape index (κ3) is 1.30. The molecule has 1 saturated carbocycles. The fraction of sp³-hybridized carbons (Fsp3) is 0.538. The summed E-state index contributed by atoms with van der Waals surface area (Å²) < 4.78 is 0. The minimum atomic E-state index is 0.750. The Labute approximate surface area is 86.8 Å². The SMILES string of the molecule is c1ccc(B2CC23CCCCC3)cc1. The number of rotatable bonds is 1. The van der Waals surface area contributed by atoms with Crippen molar-refractivity contribution < 1.29 is 0 Å². The molecule has 0 nitrogen and oxygen atoms in total. The zero-order chi connectivity index (χ0) is 9.43. The van der Waals surface area contributed by atoms with E-state index in [2.05, 4.69) is 30.3 Å². The quantitative estimate of drug-likeness (QED) is 0.588. The normalized spacial score (nSPS) is 23.9. The molecule has 2 fully saturated rings. The largest absolute Gasteiger partial charge is 0.181 e. The molecule has 72 valence electrons. The molecule has 1 heterocycles. The molecule has 14 heavy (non-hydrogen) atoms. The zero-order valence-corrected chi connectivity index (χ0v) is 8.71. The van der Waals surface area contributed by atoms with Crippen molar-refractivity contribution in [3.63, 3.8) is 0 Å². The average molecular weight is 184 g/mol. The molecule has 0 radical (unpaired) electrons. The molecule has 1 aliphatic heterocycles. The van der Waals surface area contributed by atoms with Gasteiger partial charge in [0, 0.05) is 0 Å². The maximum absolute atomic E-state index is 2.31. The summed E-state index contributed by atoms with van der Waals surface area (Å²) in [6, 6.07) is 11.1. The van der Waals surface area contributed by atoms with E-state index in [-0.39, 0.29) is 0 Å². The summed E-state index contributed by atoms with van der Waals surface area (Å²) >= 11 is 0. The summed E-state index contributed by atoms with van der Waals surface area (Å²) in [5.74, 6) is 0. The highest BCUT2D eigenvalue weighted by Gasteiger charge is 2.56. The Morgan fingerprint density at radius 3 is 2.36 bits per heavy atom. The van der Waals surface area contributed by atoms with Crippen LogP contribution in [0.15, 0.2) is 30.3 Å². The average Bonchev–Trinajstić information content (AvgIpc) is 2.95. The molecule has 0 aromatic heterocycles. The van der Waals surface area contributed by atoms with Crippen LogP contribution in [-0.4, -0.2) is 6.71 Å². The predicted molar refractivity (Wildman–Crippen MR) is 62.4 cm³/mol. The third-order valence-electron chi connectivity index (χ3n) is 4.24. The zero-order valence-electron chi connectivity index (χ0n) is 8.71. The van der Waals surface area contributed by atoms with Crippen LogP contribution in [-0.2, 0) is 0 Å². The molecule has 0 unspecified atom stereocenters. The van der Waals surface area contributed by atoms with Crippen molar-refractivity contribution in [1.82, 2.24) is 0 Å².